The molecule has 0 saturated heterocycles. The summed E-state index contributed by atoms with van der Waals surface area (Å²) in [5.41, 5.74) is 0. The minimum atomic E-state index is -3.55. The molecule has 0 aliphatic rings. The van der Waals surface area contributed by atoms with Gasteiger partial charge in [0.25, 0.3) is 0 Å². The maximum atomic E-state index is 11.8. The summed E-state index contributed by atoms with van der Waals surface area (Å²) in [7, 11) is -2.31. The second kappa shape index (κ2) is 8.50. The predicted octanol–water partition coefficient (Wildman–Crippen LogP) is 0.919. The Bertz CT molecular complexity index is 364. The minimum Gasteiger partial charge on any atom is -0.468 e. The van der Waals surface area contributed by atoms with E-state index in [1.54, 1.807) is 0 Å². The van der Waals surface area contributed by atoms with Crippen LogP contribution in [0.4, 0.5) is 0 Å². The summed E-state index contributed by atoms with van der Waals surface area (Å²) >= 11 is 0. The van der Waals surface area contributed by atoms with E-state index in [4.69, 9.17) is 4.74 Å². The van der Waals surface area contributed by atoms with Crippen LogP contribution in [-0.2, 0) is 24.3 Å². The molecule has 6 nitrogen and oxygen atoms in total. The normalized spacial score (nSPS) is 13.8. The van der Waals surface area contributed by atoms with E-state index >= 15 is 0 Å². The molecule has 0 aromatic rings. The first-order valence-corrected chi connectivity index (χ1v) is 8.02. The highest BCUT2D eigenvalue weighted by atomic mass is 32.2. The smallest absolute Gasteiger partial charge is 0.323 e. The van der Waals surface area contributed by atoms with Crippen LogP contribution in [0.1, 0.15) is 34.1 Å². The molecule has 1 atom stereocenters. The summed E-state index contributed by atoms with van der Waals surface area (Å²) in [6, 6.07) is -0.839. The van der Waals surface area contributed by atoms with Gasteiger partial charge in [-0.05, 0) is 26.2 Å². The van der Waals surface area contributed by atoms with E-state index in [9.17, 15) is 13.2 Å². The lowest BCUT2D eigenvalue weighted by Gasteiger charge is -2.18. The molecule has 0 rings (SSSR count). The van der Waals surface area contributed by atoms with Crippen LogP contribution in [0.5, 0.6) is 0 Å². The number of hydrogen-bond acceptors (Lipinski definition) is 5. The van der Waals surface area contributed by atoms with E-state index in [0.29, 0.717) is 6.42 Å². The summed E-state index contributed by atoms with van der Waals surface area (Å²) in [6.07, 6.45) is 0.374. The van der Waals surface area contributed by atoms with E-state index in [1.165, 1.54) is 7.11 Å². The van der Waals surface area contributed by atoms with Crippen LogP contribution in [0.2, 0.25) is 0 Å². The second-order valence-electron chi connectivity index (χ2n) is 5.06. The van der Waals surface area contributed by atoms with Gasteiger partial charge < -0.3 is 9.47 Å². The SMILES string of the molecule is COC(=O)C(CC(C)C)NS(=O)(=O)CCOC(C)C. The fourth-order valence-corrected chi connectivity index (χ4v) is 2.53. The van der Waals surface area contributed by atoms with Gasteiger partial charge in [-0.15, -0.1) is 0 Å². The van der Waals surface area contributed by atoms with Crippen LogP contribution in [0.25, 0.3) is 0 Å². The molecule has 7 heteroatoms. The van der Waals surface area contributed by atoms with Crippen molar-refractivity contribution >= 4 is 16.0 Å². The van der Waals surface area contributed by atoms with Crippen molar-refractivity contribution in [1.29, 1.82) is 0 Å². The molecule has 1 unspecified atom stereocenters. The van der Waals surface area contributed by atoms with Crippen molar-refractivity contribution < 1.29 is 22.7 Å². The first-order valence-electron chi connectivity index (χ1n) is 6.37. The zero-order valence-electron chi connectivity index (χ0n) is 12.3. The molecule has 0 saturated carbocycles. The maximum absolute atomic E-state index is 11.8. The molecular formula is C12H25NO5S. The largest absolute Gasteiger partial charge is 0.468 e. The quantitative estimate of drug-likeness (QED) is 0.640. The van der Waals surface area contributed by atoms with Crippen molar-refractivity contribution in [3.63, 3.8) is 0 Å². The Balaban J connectivity index is 4.50. The molecule has 114 valence electrons. The van der Waals surface area contributed by atoms with E-state index in [0.717, 1.165) is 0 Å². The van der Waals surface area contributed by atoms with Crippen molar-refractivity contribution in [1.82, 2.24) is 4.72 Å². The molecule has 1 N–H and O–H groups in total. The zero-order chi connectivity index (χ0) is 15.1. The minimum absolute atomic E-state index is 0.0257. The van der Waals surface area contributed by atoms with E-state index < -0.39 is 22.0 Å². The number of sulfonamides is 1. The van der Waals surface area contributed by atoms with Crippen LogP contribution in [0, 0.1) is 5.92 Å². The third kappa shape index (κ3) is 8.96. The summed E-state index contributed by atoms with van der Waals surface area (Å²) in [5.74, 6) is -0.558. The molecular weight excluding hydrogens is 270 g/mol. The molecule has 0 aliphatic heterocycles. The maximum Gasteiger partial charge on any atom is 0.323 e. The van der Waals surface area contributed by atoms with Gasteiger partial charge in [0.1, 0.15) is 6.04 Å². The van der Waals surface area contributed by atoms with Crippen molar-refractivity contribution in [2.45, 2.75) is 46.3 Å². The summed E-state index contributed by atoms with van der Waals surface area (Å²) in [4.78, 5) is 11.5. The van der Waals surface area contributed by atoms with Crippen molar-refractivity contribution in [3.05, 3.63) is 0 Å². The van der Waals surface area contributed by atoms with Gasteiger partial charge in [-0.25, -0.2) is 13.1 Å². The first-order chi connectivity index (χ1) is 8.68. The van der Waals surface area contributed by atoms with Gasteiger partial charge in [-0.3, -0.25) is 4.79 Å². The van der Waals surface area contributed by atoms with E-state index in [-0.39, 0.29) is 24.4 Å². The molecule has 0 amide bonds. The Morgan fingerprint density at radius 1 is 1.21 bits per heavy atom. The van der Waals surface area contributed by atoms with Crippen molar-refractivity contribution in [2.75, 3.05) is 19.5 Å². The number of methoxy groups -OCH3 is 1. The highest BCUT2D eigenvalue weighted by Crippen LogP contribution is 2.07. The number of carbonyl (C=O) groups excluding carboxylic acids is 1. The number of nitrogens with one attached hydrogen (secondary N) is 1. The fraction of sp³-hybridized carbons (Fsp3) is 0.917. The van der Waals surface area contributed by atoms with Gasteiger partial charge in [0.15, 0.2) is 0 Å². The average molecular weight is 295 g/mol. The predicted molar refractivity (Wildman–Crippen MR) is 73.3 cm³/mol. The average Bonchev–Trinajstić information content (AvgIpc) is 2.25. The molecule has 0 spiro atoms. The van der Waals surface area contributed by atoms with Gasteiger partial charge in [-0.2, -0.15) is 0 Å². The Kier molecular flexibility index (Phi) is 8.20. The lowest BCUT2D eigenvalue weighted by molar-refractivity contribution is -0.143. The number of esters is 1. The number of carbonyl (C=O) groups is 1. The van der Waals surface area contributed by atoms with Gasteiger partial charge >= 0.3 is 5.97 Å². The zero-order valence-corrected chi connectivity index (χ0v) is 13.1. The number of hydrogen-bond donors (Lipinski definition) is 1. The molecule has 0 aliphatic carbocycles. The monoisotopic (exact) mass is 295 g/mol. The van der Waals surface area contributed by atoms with E-state index in [2.05, 4.69) is 9.46 Å². The summed E-state index contributed by atoms with van der Waals surface area (Å²) in [5, 5.41) is 0. The van der Waals surface area contributed by atoms with Crippen LogP contribution in [-0.4, -0.2) is 46.0 Å². The third-order valence-corrected chi connectivity index (χ3v) is 3.67. The third-order valence-electron chi connectivity index (χ3n) is 2.32. The Labute approximate surface area is 115 Å². The molecule has 0 radical (unpaired) electrons. The topological polar surface area (TPSA) is 81.7 Å². The van der Waals surface area contributed by atoms with Crippen LogP contribution >= 0.6 is 0 Å². The van der Waals surface area contributed by atoms with E-state index in [1.807, 2.05) is 27.7 Å². The standard InChI is InChI=1S/C12H25NO5S/c1-9(2)8-11(12(14)17-5)13-19(15,16)7-6-18-10(3)4/h9-11,13H,6-8H2,1-5H3. The molecule has 0 bridgehead atoms. The van der Waals surface area contributed by atoms with Crippen molar-refractivity contribution in [2.24, 2.45) is 5.92 Å². The van der Waals surface area contributed by atoms with Crippen LogP contribution in [0.3, 0.4) is 0 Å². The number of ether oxygens (including phenoxy) is 2. The van der Waals surface area contributed by atoms with Gasteiger partial charge in [0.05, 0.1) is 25.6 Å². The Morgan fingerprint density at radius 3 is 2.21 bits per heavy atom. The summed E-state index contributed by atoms with van der Waals surface area (Å²) < 4.78 is 35.8. The second-order valence-corrected chi connectivity index (χ2v) is 6.94. The first kappa shape index (κ1) is 18.3. The molecule has 0 aromatic carbocycles. The Hall–Kier alpha value is -0.660. The lowest BCUT2D eigenvalue weighted by atomic mass is 10.1. The van der Waals surface area contributed by atoms with Gasteiger partial charge in [0.2, 0.25) is 10.0 Å². The lowest BCUT2D eigenvalue weighted by Crippen LogP contribution is -2.43. The number of rotatable bonds is 9. The molecule has 0 heterocycles. The van der Waals surface area contributed by atoms with Gasteiger partial charge in [-0.1, -0.05) is 13.8 Å². The molecule has 0 fully saturated rings. The fourth-order valence-electron chi connectivity index (χ4n) is 1.48. The summed E-state index contributed by atoms with van der Waals surface area (Å²) in [6.45, 7) is 7.58. The Morgan fingerprint density at radius 2 is 1.79 bits per heavy atom. The highest BCUT2D eigenvalue weighted by molar-refractivity contribution is 7.89. The van der Waals surface area contributed by atoms with Crippen LogP contribution < -0.4 is 4.72 Å². The van der Waals surface area contributed by atoms with Crippen molar-refractivity contribution in [3.8, 4) is 0 Å². The molecule has 0 aromatic heterocycles. The van der Waals surface area contributed by atoms with Gasteiger partial charge in [0, 0.05) is 0 Å². The van der Waals surface area contributed by atoms with Crippen LogP contribution in [0.15, 0.2) is 0 Å². The highest BCUT2D eigenvalue weighted by Gasteiger charge is 2.25. The molecule has 19 heavy (non-hydrogen) atoms.